The number of carbonyl (C=O) groups is 4. The molecule has 0 spiro atoms. The Hall–Kier alpha value is -5.06. The van der Waals surface area contributed by atoms with E-state index in [0.29, 0.717) is 26.0 Å². The number of hydrogen-bond donors (Lipinski definition) is 3. The van der Waals surface area contributed by atoms with E-state index in [1.54, 1.807) is 20.8 Å². The van der Waals surface area contributed by atoms with E-state index in [4.69, 9.17) is 14.2 Å². The number of ether oxygens (including phenoxy) is 3. The van der Waals surface area contributed by atoms with Crippen LogP contribution in [0.15, 0.2) is 60.7 Å². The molecule has 1 heterocycles. The predicted molar refractivity (Wildman–Crippen MR) is 182 cm³/mol. The van der Waals surface area contributed by atoms with Crippen LogP contribution in [0.2, 0.25) is 0 Å². The van der Waals surface area contributed by atoms with Crippen molar-refractivity contribution in [3.8, 4) is 16.9 Å². The number of carboxylic acid groups (broad SMARTS) is 1. The molecule has 3 N–H and O–H groups in total. The summed E-state index contributed by atoms with van der Waals surface area (Å²) in [5, 5.41) is 14.0. The Morgan fingerprint density at radius 2 is 1.73 bits per heavy atom. The predicted octanol–water partition coefficient (Wildman–Crippen LogP) is 6.31. The number of aliphatic carboxylic acids is 1. The van der Waals surface area contributed by atoms with Crippen LogP contribution in [-0.4, -0.2) is 60.5 Å². The van der Waals surface area contributed by atoms with Crippen molar-refractivity contribution in [1.29, 1.82) is 0 Å². The van der Waals surface area contributed by atoms with Gasteiger partial charge < -0.3 is 34.9 Å². The SMILES string of the molecule is Cc1cccc(OCCCC(=O)N2CCCc3c(-c4cccc(COC(=O)NC[C@H](NC(=O)OC(C)(C)C)C(=O)O)c4)cccc32)c1C. The molecule has 4 rings (SSSR count). The first kappa shape index (κ1) is 35.8. The largest absolute Gasteiger partial charge is 0.493 e. The quantitative estimate of drug-likeness (QED) is 0.192. The second-order valence-corrected chi connectivity index (χ2v) is 12.8. The fraction of sp³-hybridized carbons (Fsp3) is 0.405. The van der Waals surface area contributed by atoms with Gasteiger partial charge in [-0.1, -0.05) is 42.5 Å². The zero-order valence-corrected chi connectivity index (χ0v) is 28.3. The van der Waals surface area contributed by atoms with E-state index in [9.17, 15) is 24.3 Å². The van der Waals surface area contributed by atoms with Gasteiger partial charge in [-0.05, 0) is 105 Å². The summed E-state index contributed by atoms with van der Waals surface area (Å²) in [7, 11) is 0. The molecule has 11 nitrogen and oxygen atoms in total. The van der Waals surface area contributed by atoms with E-state index < -0.39 is 36.3 Å². The van der Waals surface area contributed by atoms with Gasteiger partial charge in [-0.25, -0.2) is 14.4 Å². The lowest BCUT2D eigenvalue weighted by Gasteiger charge is -2.31. The molecule has 3 aromatic carbocycles. The second-order valence-electron chi connectivity index (χ2n) is 12.8. The zero-order valence-electron chi connectivity index (χ0n) is 28.3. The highest BCUT2D eigenvalue weighted by molar-refractivity contribution is 5.96. The van der Waals surface area contributed by atoms with Crippen LogP contribution in [0.25, 0.3) is 11.1 Å². The van der Waals surface area contributed by atoms with E-state index in [1.165, 1.54) is 5.56 Å². The standard InChI is InChI=1S/C37H45N3O8/c1-24-11-6-17-32(25(24)2)46-20-10-18-33(41)40-19-9-15-29-28(14-8-16-31(29)40)27-13-7-12-26(21-27)23-47-35(44)38-22-30(34(42)43)39-36(45)48-37(3,4)5/h6-8,11-14,16-17,21,30H,9-10,15,18-20,22-23H2,1-5H3,(H,38,44)(H,39,45)(H,42,43)/t30-/m0/s1. The molecule has 1 aliphatic heterocycles. The average molecular weight is 660 g/mol. The smallest absolute Gasteiger partial charge is 0.408 e. The Morgan fingerprint density at radius 1 is 0.979 bits per heavy atom. The summed E-state index contributed by atoms with van der Waals surface area (Å²) in [6, 6.07) is 18.1. The molecule has 11 heteroatoms. The maximum atomic E-state index is 13.3. The fourth-order valence-electron chi connectivity index (χ4n) is 5.44. The lowest BCUT2D eigenvalue weighted by atomic mass is 9.91. The number of rotatable bonds is 12. The van der Waals surface area contributed by atoms with E-state index >= 15 is 0 Å². The number of nitrogens with zero attached hydrogens (tertiary/aromatic N) is 1. The van der Waals surface area contributed by atoms with Crippen molar-refractivity contribution in [2.24, 2.45) is 0 Å². The number of fused-ring (bicyclic) bond motifs is 1. The zero-order chi connectivity index (χ0) is 34.8. The summed E-state index contributed by atoms with van der Waals surface area (Å²) in [6.45, 7) is 9.73. The number of anilines is 1. The monoisotopic (exact) mass is 659 g/mol. The van der Waals surface area contributed by atoms with Crippen molar-refractivity contribution in [3.05, 3.63) is 82.9 Å². The maximum Gasteiger partial charge on any atom is 0.408 e. The number of carboxylic acids is 1. The first-order chi connectivity index (χ1) is 22.8. The van der Waals surface area contributed by atoms with E-state index in [2.05, 4.69) is 10.6 Å². The molecular weight excluding hydrogens is 614 g/mol. The third-order valence-corrected chi connectivity index (χ3v) is 7.95. The van der Waals surface area contributed by atoms with Gasteiger partial charge in [0.2, 0.25) is 5.91 Å². The van der Waals surface area contributed by atoms with Gasteiger partial charge in [0.1, 0.15) is 24.0 Å². The summed E-state index contributed by atoms with van der Waals surface area (Å²) >= 11 is 0. The number of hydrogen-bond acceptors (Lipinski definition) is 7. The molecule has 0 aliphatic carbocycles. The van der Waals surface area contributed by atoms with E-state index in [0.717, 1.165) is 52.1 Å². The van der Waals surface area contributed by atoms with E-state index in [1.807, 2.05) is 79.4 Å². The minimum absolute atomic E-state index is 0.0549. The maximum absolute atomic E-state index is 13.3. The Bertz CT molecular complexity index is 1630. The van der Waals surface area contributed by atoms with Crippen LogP contribution in [0.3, 0.4) is 0 Å². The first-order valence-electron chi connectivity index (χ1n) is 16.2. The summed E-state index contributed by atoms with van der Waals surface area (Å²) in [4.78, 5) is 51.1. The number of carbonyl (C=O) groups excluding carboxylic acids is 3. The molecule has 0 bridgehead atoms. The van der Waals surface area contributed by atoms with Crippen molar-refractivity contribution in [1.82, 2.24) is 10.6 Å². The van der Waals surface area contributed by atoms with Gasteiger partial charge in [0.25, 0.3) is 0 Å². The van der Waals surface area contributed by atoms with E-state index in [-0.39, 0.29) is 12.5 Å². The number of alkyl carbamates (subject to hydrolysis) is 2. The second kappa shape index (κ2) is 16.2. The van der Waals surface area contributed by atoms with Gasteiger partial charge in [-0.3, -0.25) is 4.79 Å². The van der Waals surface area contributed by atoms with Gasteiger partial charge in [-0.15, -0.1) is 0 Å². The Kier molecular flexibility index (Phi) is 12.1. The Morgan fingerprint density at radius 3 is 2.48 bits per heavy atom. The normalized spacial score (nSPS) is 13.1. The molecule has 0 aromatic heterocycles. The molecule has 0 radical (unpaired) electrons. The highest BCUT2D eigenvalue weighted by Crippen LogP contribution is 2.36. The molecule has 0 saturated heterocycles. The number of amides is 3. The highest BCUT2D eigenvalue weighted by atomic mass is 16.6. The lowest BCUT2D eigenvalue weighted by Crippen LogP contribution is -2.49. The third-order valence-electron chi connectivity index (χ3n) is 7.95. The van der Waals surface area contributed by atoms with Crippen LogP contribution in [0.4, 0.5) is 15.3 Å². The van der Waals surface area contributed by atoms with Gasteiger partial charge in [0.05, 0.1) is 13.2 Å². The topological polar surface area (TPSA) is 144 Å². The summed E-state index contributed by atoms with van der Waals surface area (Å²) in [5.41, 5.74) is 6.15. The molecule has 1 aliphatic rings. The Balaban J connectivity index is 1.33. The lowest BCUT2D eigenvalue weighted by molar-refractivity contribution is -0.139. The molecule has 0 unspecified atom stereocenters. The van der Waals surface area contributed by atoms with Gasteiger partial charge in [-0.2, -0.15) is 0 Å². The van der Waals surface area contributed by atoms with Gasteiger partial charge in [0, 0.05) is 18.7 Å². The highest BCUT2D eigenvalue weighted by Gasteiger charge is 2.26. The summed E-state index contributed by atoms with van der Waals surface area (Å²) in [5.74, 6) is -0.414. The van der Waals surface area contributed by atoms with Crippen LogP contribution >= 0.6 is 0 Å². The average Bonchev–Trinajstić information content (AvgIpc) is 3.04. The van der Waals surface area contributed by atoms with Gasteiger partial charge in [0.15, 0.2) is 0 Å². The van der Waals surface area contributed by atoms with Crippen molar-refractivity contribution >= 4 is 29.8 Å². The van der Waals surface area contributed by atoms with Crippen molar-refractivity contribution in [2.45, 2.75) is 78.6 Å². The van der Waals surface area contributed by atoms with Crippen LogP contribution in [0.1, 0.15) is 62.3 Å². The molecule has 3 aromatic rings. The fourth-order valence-corrected chi connectivity index (χ4v) is 5.44. The number of benzene rings is 3. The molecule has 3 amide bonds. The van der Waals surface area contributed by atoms with Gasteiger partial charge >= 0.3 is 18.2 Å². The third kappa shape index (κ3) is 9.97. The molecule has 48 heavy (non-hydrogen) atoms. The van der Waals surface area contributed by atoms with Crippen molar-refractivity contribution in [3.63, 3.8) is 0 Å². The van der Waals surface area contributed by atoms with Crippen molar-refractivity contribution in [2.75, 3.05) is 24.6 Å². The molecular formula is C37H45N3O8. The first-order valence-corrected chi connectivity index (χ1v) is 16.2. The van der Waals surface area contributed by atoms with Crippen molar-refractivity contribution < 1.29 is 38.5 Å². The summed E-state index contributed by atoms with van der Waals surface area (Å²) < 4.78 is 16.4. The Labute approximate surface area is 281 Å². The van der Waals surface area contributed by atoms with Crippen LogP contribution < -0.4 is 20.3 Å². The summed E-state index contributed by atoms with van der Waals surface area (Å²) in [6.07, 6.45) is 0.936. The molecule has 1 atom stereocenters. The number of nitrogens with one attached hydrogen (secondary N) is 2. The van der Waals surface area contributed by atoms with Crippen LogP contribution in [0, 0.1) is 13.8 Å². The molecule has 256 valence electrons. The van der Waals surface area contributed by atoms with Crippen LogP contribution in [0.5, 0.6) is 5.75 Å². The molecule has 0 fully saturated rings. The minimum atomic E-state index is -1.40. The molecule has 0 saturated carbocycles. The number of aryl methyl sites for hydroxylation is 1. The minimum Gasteiger partial charge on any atom is -0.493 e. The van der Waals surface area contributed by atoms with Crippen LogP contribution in [-0.2, 0) is 32.1 Å².